The Balaban J connectivity index is 0.000000449. The van der Waals surface area contributed by atoms with Crippen molar-refractivity contribution in [1.29, 1.82) is 0 Å². The molecule has 0 spiro atoms. The zero-order valence-electron chi connectivity index (χ0n) is 31.4. The average molecular weight is 975 g/mol. The smallest absolute Gasteiger partial charge is 1.00 e. The predicted molar refractivity (Wildman–Crippen MR) is 220 cm³/mol. The van der Waals surface area contributed by atoms with Crippen LogP contribution >= 0.6 is 11.6 Å². The third kappa shape index (κ3) is 17.4. The van der Waals surface area contributed by atoms with Crippen LogP contribution in [-0.2, 0) is 20.0 Å². The third-order valence-corrected chi connectivity index (χ3v) is 9.93. The van der Waals surface area contributed by atoms with E-state index in [4.69, 9.17) is 22.4 Å². The van der Waals surface area contributed by atoms with Crippen LogP contribution in [0.1, 0.15) is 20.7 Å². The Hall–Kier alpha value is -3.64. The fourth-order valence-corrected chi connectivity index (χ4v) is 6.25. The molecule has 0 bridgehead atoms. The molecule has 2 aromatic heterocycles. The van der Waals surface area contributed by atoms with Gasteiger partial charge in [-0.3, -0.25) is 29.0 Å². The maximum atomic E-state index is 12.3. The van der Waals surface area contributed by atoms with Gasteiger partial charge in [0.1, 0.15) is 11.1 Å². The van der Waals surface area contributed by atoms with E-state index in [0.29, 0.717) is 33.9 Å². The molecular weight excluding hydrogens is 934 g/mol. The molecule has 15 nitrogen and oxygen atoms in total. The van der Waals surface area contributed by atoms with Crippen LogP contribution < -0.4 is 106 Å². The summed E-state index contributed by atoms with van der Waals surface area (Å²) in [5.41, 5.74) is 8.63. The number of alkyl halides is 1. The summed E-state index contributed by atoms with van der Waals surface area (Å²) in [5.74, 6) is -0.670. The molecular formula is C37H41ClIKN8O7S2. The molecule has 4 aromatic carbocycles. The van der Waals surface area contributed by atoms with Crippen LogP contribution in [0.4, 0.5) is 22.7 Å². The fraction of sp³-hybridized carbons (Fsp3) is 0.135. The van der Waals surface area contributed by atoms with Crippen LogP contribution in [0.5, 0.6) is 0 Å². The number of hydrogen-bond donors (Lipinski definition) is 7. The average Bonchev–Trinajstić information content (AvgIpc) is 3.20. The van der Waals surface area contributed by atoms with Gasteiger partial charge in [0.05, 0.1) is 0 Å². The van der Waals surface area contributed by atoms with Gasteiger partial charge in [-0.15, -0.1) is 11.6 Å². The van der Waals surface area contributed by atoms with E-state index in [9.17, 15) is 26.4 Å². The van der Waals surface area contributed by atoms with Crippen molar-refractivity contribution in [2.24, 2.45) is 0 Å². The second kappa shape index (κ2) is 25.7. The monoisotopic (exact) mass is 974 g/mol. The molecule has 0 saturated heterocycles. The van der Waals surface area contributed by atoms with Crippen molar-refractivity contribution in [3.63, 3.8) is 0 Å². The molecule has 298 valence electrons. The maximum Gasteiger partial charge on any atom is 1.00 e. The number of nitrogens with two attached hydrogens (primary N) is 1. The second-order valence-electron chi connectivity index (χ2n) is 11.1. The van der Waals surface area contributed by atoms with E-state index in [1.807, 2.05) is 12.1 Å². The van der Waals surface area contributed by atoms with Crippen molar-refractivity contribution in [3.05, 3.63) is 133 Å². The number of pyridine rings is 2. The van der Waals surface area contributed by atoms with Gasteiger partial charge in [-0.25, -0.2) is 16.8 Å². The van der Waals surface area contributed by atoms with Crippen LogP contribution in [0.3, 0.4) is 0 Å². The van der Waals surface area contributed by atoms with Crippen molar-refractivity contribution < 1.29 is 107 Å². The first-order chi connectivity index (χ1) is 26.3. The molecule has 0 fully saturated rings. The van der Waals surface area contributed by atoms with E-state index in [2.05, 4.69) is 35.4 Å². The molecule has 0 aliphatic rings. The van der Waals surface area contributed by atoms with Gasteiger partial charge in [0.2, 0.25) is 10.0 Å². The van der Waals surface area contributed by atoms with E-state index in [-0.39, 0.29) is 93.1 Å². The summed E-state index contributed by atoms with van der Waals surface area (Å²) in [4.78, 5) is 30.6. The number of anilines is 4. The second-order valence-corrected chi connectivity index (χ2v) is 15.1. The number of nitrogens with one attached hydrogen (secondary N) is 5. The first-order valence-electron chi connectivity index (χ1n) is 16.1. The van der Waals surface area contributed by atoms with Crippen LogP contribution in [0.2, 0.25) is 0 Å². The molecule has 2 heterocycles. The summed E-state index contributed by atoms with van der Waals surface area (Å²) in [7, 11) is -2.93. The van der Waals surface area contributed by atoms with E-state index >= 15 is 0 Å². The summed E-state index contributed by atoms with van der Waals surface area (Å²) >= 11 is 5.30. The number of aromatic nitrogens is 2. The van der Waals surface area contributed by atoms with Crippen LogP contribution in [0.15, 0.2) is 122 Å². The number of nitrogens with zero attached hydrogens (tertiary/aromatic N) is 2. The zero-order valence-corrected chi connectivity index (χ0v) is 39.1. The van der Waals surface area contributed by atoms with Gasteiger partial charge in [-0.05, 0) is 83.6 Å². The molecule has 6 aromatic rings. The molecule has 0 saturated carbocycles. The van der Waals surface area contributed by atoms with E-state index in [1.165, 1.54) is 7.05 Å². The van der Waals surface area contributed by atoms with Gasteiger partial charge in [0.15, 0.2) is 0 Å². The minimum absolute atomic E-state index is 0. The number of rotatable bonds is 10. The number of sulfonamides is 2. The number of hydrogen-bond acceptors (Lipinski definition) is 11. The number of aliphatic hydroxyl groups excluding tert-OH is 1. The largest absolute Gasteiger partial charge is 1.00 e. The van der Waals surface area contributed by atoms with Crippen molar-refractivity contribution >= 4 is 87.8 Å². The Morgan fingerprint density at radius 1 is 0.649 bits per heavy atom. The molecule has 8 N–H and O–H groups in total. The Kier molecular flexibility index (Phi) is 23.1. The Bertz CT molecular complexity index is 2450. The maximum absolute atomic E-state index is 12.3. The summed E-state index contributed by atoms with van der Waals surface area (Å²) in [6.07, 6.45) is 6.74. The molecule has 0 aliphatic carbocycles. The van der Waals surface area contributed by atoms with Crippen LogP contribution in [-0.4, -0.2) is 76.0 Å². The summed E-state index contributed by atoms with van der Waals surface area (Å²) in [5, 5.41) is 18.1. The van der Waals surface area contributed by atoms with Crippen molar-refractivity contribution in [3.8, 4) is 0 Å². The van der Waals surface area contributed by atoms with Gasteiger partial charge in [0.25, 0.3) is 21.8 Å². The first kappa shape index (κ1) is 51.4. The standard InChI is InChI=1S/C18H18N4O3S.C10H9ClN2O2S.C8H10N2O.CH4O.HI.K/c1-19-18(23)14-3-2-4-16(10-14)21-12-26(24,25)22-17-6-5-15-11-20-8-7-13(15)9-17;11-7-16(14,15)13-10-2-1-9-6-12-4-3-8(9)5-10;1-10-8(11)6-3-2-4-7(9)5-6;1-2;;/h2-11,21-22H,12H2,1H3,(H,19,23);1-6,13H,7H2;2-5H,9H2,1H3,(H,10,11);2H,1H3;1H;/q;;;;;+1/p-1. The Morgan fingerprint density at radius 2 is 1.12 bits per heavy atom. The quantitative estimate of drug-likeness (QED) is 0.0374. The molecule has 20 heteroatoms. The number of halogens is 2. The molecule has 0 radical (unpaired) electrons. The Morgan fingerprint density at radius 3 is 1.60 bits per heavy atom. The minimum Gasteiger partial charge on any atom is -1.00 e. The number of aliphatic hydroxyl groups is 1. The van der Waals surface area contributed by atoms with Gasteiger partial charge in [-0.1, -0.05) is 24.3 Å². The van der Waals surface area contributed by atoms with Gasteiger partial charge in [-0.2, -0.15) is 0 Å². The van der Waals surface area contributed by atoms with Gasteiger partial charge < -0.3 is 50.8 Å². The molecule has 0 unspecified atom stereocenters. The number of carbonyl (C=O) groups excluding carboxylic acids is 2. The molecule has 57 heavy (non-hydrogen) atoms. The zero-order chi connectivity index (χ0) is 40.4. The Labute approximate surface area is 396 Å². The molecule has 6 rings (SSSR count). The number of fused-ring (bicyclic) bond motifs is 2. The van der Waals surface area contributed by atoms with E-state index in [1.54, 1.807) is 117 Å². The predicted octanol–water partition coefficient (Wildman–Crippen LogP) is -1.18. The third-order valence-electron chi connectivity index (χ3n) is 7.17. The van der Waals surface area contributed by atoms with Crippen molar-refractivity contribution in [2.75, 3.05) is 52.8 Å². The molecule has 0 atom stereocenters. The first-order valence-corrected chi connectivity index (χ1v) is 20.0. The number of benzene rings is 4. The number of nitrogen functional groups attached to an aromatic ring is 1. The fourth-order valence-electron chi connectivity index (χ4n) is 4.63. The van der Waals surface area contributed by atoms with Crippen molar-refractivity contribution in [2.45, 2.75) is 0 Å². The van der Waals surface area contributed by atoms with Gasteiger partial charge >= 0.3 is 51.4 Å². The molecule has 0 aliphatic heterocycles. The molecule has 2 amide bonds. The SMILES string of the molecule is CNC(=O)c1cccc(N)c1.CNC(=O)c1cccc(NCS(=O)(=O)Nc2ccc3cnccc3c2)c1.CO.O=S(=O)(CCl)Nc1ccc2cnccc2c1.[I-].[K+]. The summed E-state index contributed by atoms with van der Waals surface area (Å²) in [6.45, 7) is 0. The van der Waals surface area contributed by atoms with E-state index in [0.717, 1.165) is 28.7 Å². The summed E-state index contributed by atoms with van der Waals surface area (Å²) in [6, 6.07) is 27.6. The minimum atomic E-state index is -3.62. The van der Waals surface area contributed by atoms with E-state index < -0.39 is 25.3 Å². The normalized spacial score (nSPS) is 10.2. The summed E-state index contributed by atoms with van der Waals surface area (Å²) < 4.78 is 52.1. The van der Waals surface area contributed by atoms with Crippen LogP contribution in [0.25, 0.3) is 21.5 Å². The number of carbonyl (C=O) groups is 2. The number of amides is 2. The van der Waals surface area contributed by atoms with Crippen molar-refractivity contribution in [1.82, 2.24) is 20.6 Å². The van der Waals surface area contributed by atoms with Gasteiger partial charge in [0, 0.05) is 90.6 Å². The topological polar surface area (TPSA) is 235 Å². The van der Waals surface area contributed by atoms with Crippen LogP contribution in [0, 0.1) is 0 Å².